The molecule has 0 bridgehead atoms. The van der Waals surface area contributed by atoms with Gasteiger partial charge in [0.15, 0.2) is 0 Å². The highest BCUT2D eigenvalue weighted by Crippen LogP contribution is 2.31. The van der Waals surface area contributed by atoms with Crippen LogP contribution in [0.3, 0.4) is 0 Å². The van der Waals surface area contributed by atoms with E-state index < -0.39 is 0 Å². The SMILES string of the molecule is CC1=CCC[C@H](C)[C@@H]1CN1CCC(OC2CCOCC2)CC1. The third-order valence-electron chi connectivity index (χ3n) is 5.90. The molecule has 2 aliphatic heterocycles. The van der Waals surface area contributed by atoms with Crippen LogP contribution < -0.4 is 0 Å². The van der Waals surface area contributed by atoms with Crippen molar-refractivity contribution in [1.82, 2.24) is 4.90 Å². The minimum atomic E-state index is 0.453. The highest BCUT2D eigenvalue weighted by molar-refractivity contribution is 5.09. The summed E-state index contributed by atoms with van der Waals surface area (Å²) in [5.74, 6) is 1.63. The van der Waals surface area contributed by atoms with Gasteiger partial charge >= 0.3 is 0 Å². The topological polar surface area (TPSA) is 21.7 Å². The predicted molar refractivity (Wildman–Crippen MR) is 90.0 cm³/mol. The van der Waals surface area contributed by atoms with Crippen LogP contribution in [-0.4, -0.2) is 50.0 Å². The van der Waals surface area contributed by atoms with Gasteiger partial charge in [-0.15, -0.1) is 0 Å². The molecule has 22 heavy (non-hydrogen) atoms. The van der Waals surface area contributed by atoms with Gasteiger partial charge in [-0.2, -0.15) is 0 Å². The van der Waals surface area contributed by atoms with E-state index in [0.29, 0.717) is 12.2 Å². The van der Waals surface area contributed by atoms with E-state index in [9.17, 15) is 0 Å². The summed E-state index contributed by atoms with van der Waals surface area (Å²) in [5.41, 5.74) is 1.62. The van der Waals surface area contributed by atoms with Crippen molar-refractivity contribution in [3.63, 3.8) is 0 Å². The summed E-state index contributed by atoms with van der Waals surface area (Å²) in [6, 6.07) is 0. The Hall–Kier alpha value is -0.380. The van der Waals surface area contributed by atoms with Crippen LogP contribution in [-0.2, 0) is 9.47 Å². The molecule has 0 radical (unpaired) electrons. The number of nitrogens with zero attached hydrogens (tertiary/aromatic N) is 1. The summed E-state index contributed by atoms with van der Waals surface area (Å²) in [6.07, 6.45) is 10.6. The number of ether oxygens (including phenoxy) is 2. The zero-order chi connectivity index (χ0) is 15.4. The van der Waals surface area contributed by atoms with Crippen LogP contribution in [0.2, 0.25) is 0 Å². The second-order valence-electron chi connectivity index (χ2n) is 7.56. The molecule has 2 saturated heterocycles. The first-order chi connectivity index (χ1) is 10.7. The second kappa shape index (κ2) is 7.94. The molecule has 1 aliphatic carbocycles. The van der Waals surface area contributed by atoms with Crippen LogP contribution in [0, 0.1) is 11.8 Å². The third-order valence-corrected chi connectivity index (χ3v) is 5.90. The molecule has 3 rings (SSSR count). The van der Waals surface area contributed by atoms with Gasteiger partial charge in [0.25, 0.3) is 0 Å². The fourth-order valence-corrected chi connectivity index (χ4v) is 4.29. The maximum atomic E-state index is 6.29. The molecule has 3 heteroatoms. The molecule has 0 saturated carbocycles. The van der Waals surface area contributed by atoms with Crippen molar-refractivity contribution in [3.05, 3.63) is 11.6 Å². The molecular weight excluding hydrogens is 274 g/mol. The van der Waals surface area contributed by atoms with Gasteiger partial charge in [0.1, 0.15) is 0 Å². The van der Waals surface area contributed by atoms with E-state index >= 15 is 0 Å². The molecule has 0 spiro atoms. The normalized spacial score (nSPS) is 32.9. The van der Waals surface area contributed by atoms with Crippen molar-refractivity contribution in [2.45, 2.75) is 64.6 Å². The lowest BCUT2D eigenvalue weighted by Crippen LogP contribution is -2.42. The number of likely N-dealkylation sites (tertiary alicyclic amines) is 1. The molecule has 2 fully saturated rings. The Bertz CT molecular complexity index is 368. The molecule has 0 aromatic rings. The Morgan fingerprint density at radius 2 is 1.77 bits per heavy atom. The van der Waals surface area contributed by atoms with Gasteiger partial charge < -0.3 is 14.4 Å². The lowest BCUT2D eigenvalue weighted by Gasteiger charge is -2.38. The quantitative estimate of drug-likeness (QED) is 0.740. The first-order valence-corrected chi connectivity index (χ1v) is 9.34. The second-order valence-corrected chi connectivity index (χ2v) is 7.56. The van der Waals surface area contributed by atoms with Crippen LogP contribution >= 0.6 is 0 Å². The number of hydrogen-bond donors (Lipinski definition) is 0. The molecule has 0 amide bonds. The molecule has 0 unspecified atom stereocenters. The Morgan fingerprint density at radius 1 is 1.09 bits per heavy atom. The number of hydrogen-bond acceptors (Lipinski definition) is 3. The van der Waals surface area contributed by atoms with Crippen molar-refractivity contribution in [2.75, 3.05) is 32.8 Å². The zero-order valence-electron chi connectivity index (χ0n) is 14.4. The fraction of sp³-hybridized carbons (Fsp3) is 0.895. The van der Waals surface area contributed by atoms with Gasteiger partial charge in [-0.05, 0) is 57.3 Å². The molecular formula is C19H33NO2. The Morgan fingerprint density at radius 3 is 2.45 bits per heavy atom. The summed E-state index contributed by atoms with van der Waals surface area (Å²) in [7, 11) is 0. The largest absolute Gasteiger partial charge is 0.381 e. The monoisotopic (exact) mass is 307 g/mol. The number of piperidine rings is 1. The minimum absolute atomic E-state index is 0.453. The maximum absolute atomic E-state index is 6.29. The molecule has 126 valence electrons. The average molecular weight is 307 g/mol. The Balaban J connectivity index is 1.41. The molecule has 2 heterocycles. The van der Waals surface area contributed by atoms with Gasteiger partial charge in [-0.1, -0.05) is 18.6 Å². The summed E-state index contributed by atoms with van der Waals surface area (Å²) in [5, 5.41) is 0. The molecule has 0 aromatic carbocycles. The maximum Gasteiger partial charge on any atom is 0.0622 e. The molecule has 0 N–H and O–H groups in total. The summed E-state index contributed by atoms with van der Waals surface area (Å²) < 4.78 is 11.7. The standard InChI is InChI=1S/C19H33NO2/c1-15-4-3-5-16(2)19(15)14-20-10-6-17(7-11-20)22-18-8-12-21-13-9-18/h4,16-19H,3,5-14H2,1-2H3/t16-,19+/m0/s1. The van der Waals surface area contributed by atoms with Gasteiger partial charge in [-0.25, -0.2) is 0 Å². The summed E-state index contributed by atoms with van der Waals surface area (Å²) in [4.78, 5) is 2.67. The Labute approximate surface area is 136 Å². The van der Waals surface area contributed by atoms with Crippen LogP contribution in [0.4, 0.5) is 0 Å². The van der Waals surface area contributed by atoms with Gasteiger partial charge in [0.2, 0.25) is 0 Å². The highest BCUT2D eigenvalue weighted by atomic mass is 16.5. The van der Waals surface area contributed by atoms with Crippen LogP contribution in [0.15, 0.2) is 11.6 Å². The Kier molecular flexibility index (Phi) is 5.95. The first kappa shape index (κ1) is 16.5. The van der Waals surface area contributed by atoms with Crippen molar-refractivity contribution in [1.29, 1.82) is 0 Å². The molecule has 3 aliphatic rings. The van der Waals surface area contributed by atoms with E-state index in [1.165, 1.54) is 45.3 Å². The lowest BCUT2D eigenvalue weighted by atomic mass is 9.79. The fourth-order valence-electron chi connectivity index (χ4n) is 4.29. The molecule has 0 aromatic heterocycles. The summed E-state index contributed by atoms with van der Waals surface area (Å²) >= 11 is 0. The van der Waals surface area contributed by atoms with Gasteiger partial charge in [0.05, 0.1) is 12.2 Å². The van der Waals surface area contributed by atoms with E-state index in [1.54, 1.807) is 5.57 Å². The van der Waals surface area contributed by atoms with E-state index in [4.69, 9.17) is 9.47 Å². The van der Waals surface area contributed by atoms with Crippen molar-refractivity contribution in [2.24, 2.45) is 11.8 Å². The van der Waals surface area contributed by atoms with Crippen LogP contribution in [0.25, 0.3) is 0 Å². The lowest BCUT2D eigenvalue weighted by molar-refractivity contribution is -0.0854. The zero-order valence-corrected chi connectivity index (χ0v) is 14.4. The smallest absolute Gasteiger partial charge is 0.0622 e. The number of rotatable bonds is 4. The van der Waals surface area contributed by atoms with Gasteiger partial charge in [0, 0.05) is 32.8 Å². The van der Waals surface area contributed by atoms with Crippen molar-refractivity contribution < 1.29 is 9.47 Å². The first-order valence-electron chi connectivity index (χ1n) is 9.34. The predicted octanol–water partition coefficient (Wildman–Crippen LogP) is 3.64. The summed E-state index contributed by atoms with van der Waals surface area (Å²) in [6.45, 7) is 10.2. The van der Waals surface area contributed by atoms with Crippen molar-refractivity contribution in [3.8, 4) is 0 Å². The van der Waals surface area contributed by atoms with Crippen molar-refractivity contribution >= 4 is 0 Å². The number of allylic oxidation sites excluding steroid dienone is 1. The minimum Gasteiger partial charge on any atom is -0.381 e. The van der Waals surface area contributed by atoms with Crippen LogP contribution in [0.1, 0.15) is 52.4 Å². The molecule has 3 nitrogen and oxygen atoms in total. The van der Waals surface area contributed by atoms with E-state index in [-0.39, 0.29) is 0 Å². The average Bonchev–Trinajstić information content (AvgIpc) is 2.54. The molecule has 2 atom stereocenters. The highest BCUT2D eigenvalue weighted by Gasteiger charge is 2.28. The van der Waals surface area contributed by atoms with Gasteiger partial charge in [-0.3, -0.25) is 0 Å². The van der Waals surface area contributed by atoms with E-state index in [2.05, 4.69) is 24.8 Å². The van der Waals surface area contributed by atoms with Crippen LogP contribution in [0.5, 0.6) is 0 Å². The van der Waals surface area contributed by atoms with E-state index in [1.807, 2.05) is 0 Å². The third kappa shape index (κ3) is 4.33. The van der Waals surface area contributed by atoms with E-state index in [0.717, 1.165) is 37.9 Å².